The zero-order valence-electron chi connectivity index (χ0n) is 14.5. The molecule has 0 aliphatic heterocycles. The molecule has 1 aromatic rings. The number of pyridine rings is 1. The van der Waals surface area contributed by atoms with Crippen LogP contribution >= 0.6 is 0 Å². The molecular formula is C19H26N2O2. The standard InChI is InChI=1S/C19H26N2O2/c1-14(21-18(22)23-19(2,3)4)8-7-10-16-13-20-12-15-9-5-6-11-17(15)16/h12-14H,5-6,8-9,11H2,1-4H3,(H,21,22)/t14-/m0/s1. The van der Waals surface area contributed by atoms with Gasteiger partial charge in [-0.3, -0.25) is 4.98 Å². The number of rotatable bonds is 2. The molecule has 1 aliphatic rings. The fourth-order valence-corrected chi connectivity index (χ4v) is 2.63. The summed E-state index contributed by atoms with van der Waals surface area (Å²) < 4.78 is 5.24. The minimum Gasteiger partial charge on any atom is -0.444 e. The summed E-state index contributed by atoms with van der Waals surface area (Å²) in [6.45, 7) is 7.48. The molecule has 23 heavy (non-hydrogen) atoms. The Morgan fingerprint density at radius 3 is 2.83 bits per heavy atom. The van der Waals surface area contributed by atoms with Crippen molar-refractivity contribution in [3.8, 4) is 11.8 Å². The van der Waals surface area contributed by atoms with E-state index in [9.17, 15) is 4.79 Å². The molecule has 0 saturated carbocycles. The molecule has 0 bridgehead atoms. The van der Waals surface area contributed by atoms with E-state index in [-0.39, 0.29) is 6.04 Å². The number of aryl methyl sites for hydroxylation is 1. The van der Waals surface area contributed by atoms with Crippen molar-refractivity contribution in [2.75, 3.05) is 0 Å². The number of amides is 1. The highest BCUT2D eigenvalue weighted by atomic mass is 16.6. The molecule has 1 aromatic heterocycles. The molecule has 0 aromatic carbocycles. The fraction of sp³-hybridized carbons (Fsp3) is 0.579. The Balaban J connectivity index is 1.92. The molecule has 1 atom stereocenters. The van der Waals surface area contributed by atoms with Gasteiger partial charge in [0, 0.05) is 30.4 Å². The Kier molecular flexibility index (Phi) is 5.65. The number of fused-ring (bicyclic) bond motifs is 1. The van der Waals surface area contributed by atoms with Crippen LogP contribution in [-0.4, -0.2) is 22.7 Å². The van der Waals surface area contributed by atoms with Crippen LogP contribution in [0, 0.1) is 11.8 Å². The molecule has 2 rings (SSSR count). The zero-order valence-corrected chi connectivity index (χ0v) is 14.5. The van der Waals surface area contributed by atoms with Crippen molar-refractivity contribution >= 4 is 6.09 Å². The van der Waals surface area contributed by atoms with Gasteiger partial charge in [-0.05, 0) is 64.5 Å². The molecule has 0 saturated heterocycles. The van der Waals surface area contributed by atoms with Gasteiger partial charge in [0.2, 0.25) is 0 Å². The van der Waals surface area contributed by atoms with E-state index in [1.165, 1.54) is 24.0 Å². The molecule has 4 heteroatoms. The largest absolute Gasteiger partial charge is 0.444 e. The first-order valence-electron chi connectivity index (χ1n) is 8.29. The van der Waals surface area contributed by atoms with Crippen LogP contribution in [0.2, 0.25) is 0 Å². The number of hydrogen-bond acceptors (Lipinski definition) is 3. The number of carbonyl (C=O) groups is 1. The normalized spacial score (nSPS) is 15.0. The monoisotopic (exact) mass is 314 g/mol. The maximum Gasteiger partial charge on any atom is 0.407 e. The van der Waals surface area contributed by atoms with E-state index in [0.717, 1.165) is 18.4 Å². The number of aromatic nitrogens is 1. The van der Waals surface area contributed by atoms with E-state index in [1.807, 2.05) is 40.1 Å². The van der Waals surface area contributed by atoms with Crippen LogP contribution in [-0.2, 0) is 17.6 Å². The van der Waals surface area contributed by atoms with Crippen molar-refractivity contribution in [3.63, 3.8) is 0 Å². The lowest BCUT2D eigenvalue weighted by Crippen LogP contribution is -2.37. The van der Waals surface area contributed by atoms with Gasteiger partial charge < -0.3 is 10.1 Å². The molecular weight excluding hydrogens is 288 g/mol. The number of nitrogens with zero attached hydrogens (tertiary/aromatic N) is 1. The second-order valence-electron chi connectivity index (χ2n) is 7.09. The smallest absolute Gasteiger partial charge is 0.407 e. The molecule has 1 aliphatic carbocycles. The number of nitrogens with one attached hydrogen (secondary N) is 1. The van der Waals surface area contributed by atoms with Gasteiger partial charge in [-0.15, -0.1) is 0 Å². The summed E-state index contributed by atoms with van der Waals surface area (Å²) >= 11 is 0. The Morgan fingerprint density at radius 1 is 1.35 bits per heavy atom. The predicted octanol–water partition coefficient (Wildman–Crippen LogP) is 3.62. The molecule has 1 amide bonds. The van der Waals surface area contributed by atoms with Crippen LogP contribution in [0.1, 0.15) is 63.6 Å². The van der Waals surface area contributed by atoms with E-state index in [4.69, 9.17) is 4.74 Å². The maximum absolute atomic E-state index is 11.7. The van der Waals surface area contributed by atoms with Crippen LogP contribution in [0.5, 0.6) is 0 Å². The van der Waals surface area contributed by atoms with E-state index in [1.54, 1.807) is 0 Å². The van der Waals surface area contributed by atoms with Crippen LogP contribution < -0.4 is 5.32 Å². The fourth-order valence-electron chi connectivity index (χ4n) is 2.63. The maximum atomic E-state index is 11.7. The van der Waals surface area contributed by atoms with Crippen molar-refractivity contribution in [3.05, 3.63) is 29.1 Å². The lowest BCUT2D eigenvalue weighted by molar-refractivity contribution is 0.0509. The van der Waals surface area contributed by atoms with E-state index < -0.39 is 11.7 Å². The molecule has 124 valence electrons. The van der Waals surface area contributed by atoms with E-state index >= 15 is 0 Å². The third kappa shape index (κ3) is 5.59. The van der Waals surface area contributed by atoms with Gasteiger partial charge in [0.05, 0.1) is 0 Å². The number of carbonyl (C=O) groups excluding carboxylic acids is 1. The molecule has 0 radical (unpaired) electrons. The summed E-state index contributed by atoms with van der Waals surface area (Å²) in [6.07, 6.45) is 8.66. The van der Waals surface area contributed by atoms with Crippen molar-refractivity contribution in [1.82, 2.24) is 10.3 Å². The highest BCUT2D eigenvalue weighted by molar-refractivity contribution is 5.68. The van der Waals surface area contributed by atoms with Crippen LogP contribution in [0.4, 0.5) is 4.79 Å². The average molecular weight is 314 g/mol. The third-order valence-electron chi connectivity index (χ3n) is 3.66. The van der Waals surface area contributed by atoms with Gasteiger partial charge in [0.1, 0.15) is 5.60 Å². The highest BCUT2D eigenvalue weighted by Crippen LogP contribution is 2.22. The Hall–Kier alpha value is -2.02. The van der Waals surface area contributed by atoms with Crippen molar-refractivity contribution in [2.45, 2.75) is 71.4 Å². The lowest BCUT2D eigenvalue weighted by Gasteiger charge is -2.21. The Labute approximate surface area is 139 Å². The first kappa shape index (κ1) is 17.3. The highest BCUT2D eigenvalue weighted by Gasteiger charge is 2.17. The second-order valence-corrected chi connectivity index (χ2v) is 7.09. The number of hydrogen-bond donors (Lipinski definition) is 1. The third-order valence-corrected chi connectivity index (χ3v) is 3.66. The van der Waals surface area contributed by atoms with Crippen molar-refractivity contribution < 1.29 is 9.53 Å². The molecule has 0 fully saturated rings. The molecule has 1 N–H and O–H groups in total. The summed E-state index contributed by atoms with van der Waals surface area (Å²) in [6, 6.07) is -0.0511. The minimum atomic E-state index is -0.482. The molecule has 0 spiro atoms. The van der Waals surface area contributed by atoms with Crippen LogP contribution in [0.15, 0.2) is 12.4 Å². The molecule has 4 nitrogen and oxygen atoms in total. The van der Waals surface area contributed by atoms with Gasteiger partial charge in [0.15, 0.2) is 0 Å². The first-order valence-corrected chi connectivity index (χ1v) is 8.29. The zero-order chi connectivity index (χ0) is 16.9. The number of ether oxygens (including phenoxy) is 1. The van der Waals surface area contributed by atoms with Gasteiger partial charge >= 0.3 is 6.09 Å². The SMILES string of the molecule is C[C@@H](CC#Cc1cncc2c1CCCC2)NC(=O)OC(C)(C)C. The Bertz CT molecular complexity index is 620. The van der Waals surface area contributed by atoms with Gasteiger partial charge in [-0.2, -0.15) is 0 Å². The van der Waals surface area contributed by atoms with Crippen LogP contribution in [0.25, 0.3) is 0 Å². The Morgan fingerprint density at radius 2 is 2.09 bits per heavy atom. The number of alkyl carbamates (subject to hydrolysis) is 1. The summed E-state index contributed by atoms with van der Waals surface area (Å²) in [4.78, 5) is 16.0. The van der Waals surface area contributed by atoms with Crippen LogP contribution in [0.3, 0.4) is 0 Å². The second kappa shape index (κ2) is 7.50. The van der Waals surface area contributed by atoms with Crippen molar-refractivity contribution in [1.29, 1.82) is 0 Å². The minimum absolute atomic E-state index is 0.0511. The lowest BCUT2D eigenvalue weighted by atomic mass is 9.90. The van der Waals surface area contributed by atoms with Crippen molar-refractivity contribution in [2.24, 2.45) is 0 Å². The summed E-state index contributed by atoms with van der Waals surface area (Å²) in [7, 11) is 0. The van der Waals surface area contributed by atoms with E-state index in [2.05, 4.69) is 22.1 Å². The first-order chi connectivity index (χ1) is 10.8. The topological polar surface area (TPSA) is 51.2 Å². The molecule has 1 heterocycles. The van der Waals surface area contributed by atoms with Gasteiger partial charge in [-0.1, -0.05) is 11.8 Å². The van der Waals surface area contributed by atoms with Gasteiger partial charge in [0.25, 0.3) is 0 Å². The van der Waals surface area contributed by atoms with Gasteiger partial charge in [-0.25, -0.2) is 4.79 Å². The average Bonchev–Trinajstić information content (AvgIpc) is 2.45. The summed E-state index contributed by atoms with van der Waals surface area (Å²) in [5, 5.41) is 2.81. The molecule has 0 unspecified atom stereocenters. The quantitative estimate of drug-likeness (QED) is 0.848. The van der Waals surface area contributed by atoms with E-state index in [0.29, 0.717) is 6.42 Å². The predicted molar refractivity (Wildman–Crippen MR) is 91.2 cm³/mol. The summed E-state index contributed by atoms with van der Waals surface area (Å²) in [5.41, 5.74) is 3.24. The summed E-state index contributed by atoms with van der Waals surface area (Å²) in [5.74, 6) is 6.38.